The second-order valence-corrected chi connectivity index (χ2v) is 10.2. The molecular weight excluding hydrogens is 527 g/mol. The topological polar surface area (TPSA) is 55.4 Å². The van der Waals surface area contributed by atoms with Gasteiger partial charge in [-0.15, -0.1) is 0 Å². The maximum atomic E-state index is 6.47. The van der Waals surface area contributed by atoms with Crippen molar-refractivity contribution in [1.82, 2.24) is 0 Å². The fourth-order valence-corrected chi connectivity index (χ4v) is 5.32. The molecule has 6 rings (SSSR count). The molecule has 2 bridgehead atoms. The molecule has 36 heavy (non-hydrogen) atoms. The zero-order chi connectivity index (χ0) is 24.6. The Morgan fingerprint density at radius 1 is 0.500 bits per heavy atom. The van der Waals surface area contributed by atoms with Crippen molar-refractivity contribution in [1.29, 1.82) is 0 Å². The summed E-state index contributed by atoms with van der Waals surface area (Å²) in [6.45, 7) is 0.355. The number of halogens is 3. The maximum Gasteiger partial charge on any atom is 0.185 e. The van der Waals surface area contributed by atoms with E-state index < -0.39 is 43.3 Å². The molecule has 3 aromatic carbocycles. The first kappa shape index (κ1) is 24.6. The second-order valence-electron chi connectivity index (χ2n) is 8.88. The molecule has 0 spiro atoms. The molecule has 0 saturated carbocycles. The van der Waals surface area contributed by atoms with E-state index in [0.29, 0.717) is 15.1 Å². The van der Waals surface area contributed by atoms with E-state index in [9.17, 15) is 0 Å². The summed E-state index contributed by atoms with van der Waals surface area (Å²) in [7, 11) is 0. The van der Waals surface area contributed by atoms with Gasteiger partial charge in [0.15, 0.2) is 18.9 Å². The summed E-state index contributed by atoms with van der Waals surface area (Å²) in [4.78, 5) is 0. The molecule has 188 valence electrons. The Hall–Kier alpha value is -1.71. The van der Waals surface area contributed by atoms with Crippen LogP contribution in [0.4, 0.5) is 0 Å². The van der Waals surface area contributed by atoms with Crippen LogP contribution in [0.2, 0.25) is 15.1 Å². The molecule has 3 fully saturated rings. The lowest BCUT2D eigenvalue weighted by Crippen LogP contribution is -2.53. The fraction of sp³-hybridized carbons (Fsp3) is 0.333. The average molecular weight is 550 g/mol. The third-order valence-electron chi connectivity index (χ3n) is 6.40. The van der Waals surface area contributed by atoms with E-state index in [4.69, 9.17) is 63.2 Å². The van der Waals surface area contributed by atoms with E-state index in [1.807, 2.05) is 60.7 Å². The molecule has 3 saturated heterocycles. The minimum atomic E-state index is -0.680. The summed E-state index contributed by atoms with van der Waals surface area (Å²) in [5.74, 6) is 0. The molecule has 3 unspecified atom stereocenters. The smallest absolute Gasteiger partial charge is 0.185 e. The standard InChI is InChI=1S/C27H23Cl3O6/c28-18-7-1-4-15(10-18)25-31-13-22-24-23(35-27(36-24)17-6-3-9-20(30)12-17)21(33-25)14-32-26(34-22)16-5-2-8-19(29)11-16/h1-12,21-27H,13-14H2/t21-,22+,23-,24-,25?,26?,27?/m1/s1. The first-order valence-corrected chi connectivity index (χ1v) is 12.8. The Labute approximate surface area is 223 Å². The summed E-state index contributed by atoms with van der Waals surface area (Å²) < 4.78 is 38.2. The molecule has 0 aromatic heterocycles. The summed E-state index contributed by atoms with van der Waals surface area (Å²) in [5.41, 5.74) is 2.40. The zero-order valence-electron chi connectivity index (χ0n) is 19.0. The van der Waals surface area contributed by atoms with Crippen molar-refractivity contribution >= 4 is 34.8 Å². The Balaban J connectivity index is 1.34. The van der Waals surface area contributed by atoms with Crippen LogP contribution >= 0.6 is 34.8 Å². The lowest BCUT2D eigenvalue weighted by molar-refractivity contribution is -0.304. The van der Waals surface area contributed by atoms with E-state index in [0.717, 1.165) is 16.7 Å². The monoisotopic (exact) mass is 548 g/mol. The summed E-state index contributed by atoms with van der Waals surface area (Å²) in [5, 5.41) is 1.78. The number of benzene rings is 3. The van der Waals surface area contributed by atoms with Gasteiger partial charge in [0.25, 0.3) is 0 Å². The molecule has 0 N–H and O–H groups in total. The average Bonchev–Trinajstić information content (AvgIpc) is 3.29. The molecule has 3 aliphatic heterocycles. The molecule has 3 aromatic rings. The molecule has 3 heterocycles. The first-order chi connectivity index (χ1) is 17.5. The molecule has 7 atom stereocenters. The van der Waals surface area contributed by atoms with Crippen molar-refractivity contribution < 1.29 is 28.4 Å². The van der Waals surface area contributed by atoms with Gasteiger partial charge in [0.05, 0.1) is 13.2 Å². The predicted molar refractivity (Wildman–Crippen MR) is 134 cm³/mol. The van der Waals surface area contributed by atoms with Gasteiger partial charge >= 0.3 is 0 Å². The minimum Gasteiger partial charge on any atom is -0.346 e. The Morgan fingerprint density at radius 2 is 0.889 bits per heavy atom. The molecule has 3 aliphatic rings. The third-order valence-corrected chi connectivity index (χ3v) is 7.11. The Kier molecular flexibility index (Phi) is 7.23. The number of hydrogen-bond donors (Lipinski definition) is 0. The maximum absolute atomic E-state index is 6.47. The van der Waals surface area contributed by atoms with Gasteiger partial charge in [0.1, 0.15) is 24.4 Å². The highest BCUT2D eigenvalue weighted by Gasteiger charge is 2.51. The molecule has 6 nitrogen and oxygen atoms in total. The van der Waals surface area contributed by atoms with Gasteiger partial charge < -0.3 is 28.4 Å². The van der Waals surface area contributed by atoms with E-state index in [2.05, 4.69) is 0 Å². The van der Waals surface area contributed by atoms with E-state index in [1.165, 1.54) is 0 Å². The van der Waals surface area contributed by atoms with Crippen LogP contribution in [0.25, 0.3) is 0 Å². The lowest BCUT2D eigenvalue weighted by atomic mass is 10.0. The molecular formula is C27H23Cl3O6. The first-order valence-electron chi connectivity index (χ1n) is 11.6. The van der Waals surface area contributed by atoms with Gasteiger partial charge in [-0.05, 0) is 36.4 Å². The zero-order valence-corrected chi connectivity index (χ0v) is 21.2. The van der Waals surface area contributed by atoms with Crippen molar-refractivity contribution in [3.63, 3.8) is 0 Å². The molecule has 0 aliphatic carbocycles. The number of hydrogen-bond acceptors (Lipinski definition) is 6. The van der Waals surface area contributed by atoms with Crippen molar-refractivity contribution in [3.8, 4) is 0 Å². The van der Waals surface area contributed by atoms with E-state index in [-0.39, 0.29) is 13.2 Å². The van der Waals surface area contributed by atoms with Gasteiger partial charge in [0.2, 0.25) is 0 Å². The number of rotatable bonds is 3. The van der Waals surface area contributed by atoms with Crippen LogP contribution in [0.3, 0.4) is 0 Å². The van der Waals surface area contributed by atoms with Crippen molar-refractivity contribution in [3.05, 3.63) is 105 Å². The lowest BCUT2D eigenvalue weighted by Gasteiger charge is -2.40. The highest BCUT2D eigenvalue weighted by atomic mass is 35.5. The number of ether oxygens (including phenoxy) is 6. The highest BCUT2D eigenvalue weighted by molar-refractivity contribution is 6.31. The molecule has 0 amide bonds. The second kappa shape index (κ2) is 10.6. The SMILES string of the molecule is Clc1cccc(C2O[C@H]3[C@H](O2)[C@H]2COC(c4cccc(Cl)c4)O[C@H]3COC(c3cccc(Cl)c3)O2)c1. The van der Waals surface area contributed by atoms with Crippen LogP contribution in [0.15, 0.2) is 72.8 Å². The normalized spacial score (nSPS) is 32.2. The van der Waals surface area contributed by atoms with Crippen LogP contribution in [-0.4, -0.2) is 37.6 Å². The molecule has 0 radical (unpaired) electrons. The minimum absolute atomic E-state index is 0.178. The highest BCUT2D eigenvalue weighted by Crippen LogP contribution is 2.42. The summed E-state index contributed by atoms with van der Waals surface area (Å²) in [6, 6.07) is 22.2. The fourth-order valence-electron chi connectivity index (χ4n) is 4.72. The summed E-state index contributed by atoms with van der Waals surface area (Å²) in [6.07, 6.45) is -3.97. The van der Waals surface area contributed by atoms with E-state index in [1.54, 1.807) is 12.1 Å². The van der Waals surface area contributed by atoms with Gasteiger partial charge in [-0.3, -0.25) is 0 Å². The van der Waals surface area contributed by atoms with Crippen LogP contribution in [0.1, 0.15) is 35.6 Å². The van der Waals surface area contributed by atoms with Gasteiger partial charge in [0, 0.05) is 31.8 Å². The van der Waals surface area contributed by atoms with Crippen molar-refractivity contribution in [2.75, 3.05) is 13.2 Å². The largest absolute Gasteiger partial charge is 0.346 e. The van der Waals surface area contributed by atoms with Gasteiger partial charge in [-0.25, -0.2) is 0 Å². The van der Waals surface area contributed by atoms with Crippen LogP contribution < -0.4 is 0 Å². The van der Waals surface area contributed by atoms with Gasteiger partial charge in [-0.2, -0.15) is 0 Å². The Bertz CT molecular complexity index is 1150. The third kappa shape index (κ3) is 5.16. The van der Waals surface area contributed by atoms with Crippen molar-refractivity contribution in [2.45, 2.75) is 43.3 Å². The Morgan fingerprint density at radius 3 is 1.28 bits per heavy atom. The molecule has 9 heteroatoms. The summed E-state index contributed by atoms with van der Waals surface area (Å²) >= 11 is 18.7. The van der Waals surface area contributed by atoms with Crippen LogP contribution in [0, 0.1) is 0 Å². The predicted octanol–water partition coefficient (Wildman–Crippen LogP) is 6.66. The van der Waals surface area contributed by atoms with Crippen molar-refractivity contribution in [2.24, 2.45) is 0 Å². The van der Waals surface area contributed by atoms with Gasteiger partial charge in [-0.1, -0.05) is 71.2 Å². The quantitative estimate of drug-likeness (QED) is 0.364. The van der Waals surface area contributed by atoms with E-state index >= 15 is 0 Å². The van der Waals surface area contributed by atoms with Crippen LogP contribution in [0.5, 0.6) is 0 Å². The van der Waals surface area contributed by atoms with Crippen LogP contribution in [-0.2, 0) is 28.4 Å².